The SMILES string of the molecule is CCc1nn(C)cc1CN1C[C@H](C)C[C@@H]1c1cccnc1. The highest BCUT2D eigenvalue weighted by Crippen LogP contribution is 2.36. The van der Waals surface area contributed by atoms with Crippen LogP contribution in [0.1, 0.15) is 43.1 Å². The summed E-state index contributed by atoms with van der Waals surface area (Å²) in [5.74, 6) is 0.733. The summed E-state index contributed by atoms with van der Waals surface area (Å²) in [6.45, 7) is 6.66. The smallest absolute Gasteiger partial charge is 0.0666 e. The van der Waals surface area contributed by atoms with Crippen molar-refractivity contribution in [2.75, 3.05) is 6.54 Å². The Morgan fingerprint density at radius 1 is 1.38 bits per heavy atom. The van der Waals surface area contributed by atoms with Gasteiger partial charge >= 0.3 is 0 Å². The van der Waals surface area contributed by atoms with Gasteiger partial charge in [-0.3, -0.25) is 14.6 Å². The highest BCUT2D eigenvalue weighted by molar-refractivity contribution is 5.20. The predicted octanol–water partition coefficient (Wildman–Crippen LogP) is 2.96. The first-order chi connectivity index (χ1) is 10.2. The molecule has 1 saturated heterocycles. The van der Waals surface area contributed by atoms with Gasteiger partial charge in [0, 0.05) is 50.3 Å². The fourth-order valence-electron chi connectivity index (χ4n) is 3.46. The normalized spacial score (nSPS) is 22.8. The summed E-state index contributed by atoms with van der Waals surface area (Å²) >= 11 is 0. The van der Waals surface area contributed by atoms with E-state index in [4.69, 9.17) is 0 Å². The molecular weight excluding hydrogens is 260 g/mol. The van der Waals surface area contributed by atoms with Crippen molar-refractivity contribution >= 4 is 0 Å². The van der Waals surface area contributed by atoms with Gasteiger partial charge in [0.15, 0.2) is 0 Å². The molecule has 3 rings (SSSR count). The second-order valence-electron chi connectivity index (χ2n) is 6.20. The molecule has 0 aromatic carbocycles. The Labute approximate surface area is 126 Å². The van der Waals surface area contributed by atoms with Gasteiger partial charge in [0.25, 0.3) is 0 Å². The fraction of sp³-hybridized carbons (Fsp3) is 0.529. The highest BCUT2D eigenvalue weighted by atomic mass is 15.3. The molecule has 4 nitrogen and oxygen atoms in total. The predicted molar refractivity (Wildman–Crippen MR) is 83.8 cm³/mol. The molecule has 2 atom stereocenters. The van der Waals surface area contributed by atoms with Crippen molar-refractivity contribution < 1.29 is 0 Å². The van der Waals surface area contributed by atoms with E-state index in [1.807, 2.05) is 30.2 Å². The summed E-state index contributed by atoms with van der Waals surface area (Å²) in [7, 11) is 2.01. The van der Waals surface area contributed by atoms with Crippen LogP contribution >= 0.6 is 0 Å². The summed E-state index contributed by atoms with van der Waals surface area (Å²) in [5, 5.41) is 4.57. The topological polar surface area (TPSA) is 34.0 Å². The summed E-state index contributed by atoms with van der Waals surface area (Å²) in [6.07, 6.45) is 8.24. The van der Waals surface area contributed by atoms with Gasteiger partial charge < -0.3 is 0 Å². The summed E-state index contributed by atoms with van der Waals surface area (Å²) in [6, 6.07) is 4.73. The number of rotatable bonds is 4. The van der Waals surface area contributed by atoms with Crippen LogP contribution < -0.4 is 0 Å². The van der Waals surface area contributed by atoms with Gasteiger partial charge in [0.1, 0.15) is 0 Å². The van der Waals surface area contributed by atoms with Gasteiger partial charge in [-0.15, -0.1) is 0 Å². The Hall–Kier alpha value is -1.68. The minimum absolute atomic E-state index is 0.485. The molecule has 0 unspecified atom stereocenters. The lowest BCUT2D eigenvalue weighted by atomic mass is 10.0. The zero-order valence-corrected chi connectivity index (χ0v) is 13.2. The molecule has 4 heteroatoms. The number of nitrogens with zero attached hydrogens (tertiary/aromatic N) is 4. The molecule has 2 aromatic heterocycles. The zero-order chi connectivity index (χ0) is 14.8. The summed E-state index contributed by atoms with van der Waals surface area (Å²) in [4.78, 5) is 6.87. The van der Waals surface area contributed by atoms with Gasteiger partial charge in [-0.2, -0.15) is 5.10 Å². The largest absolute Gasteiger partial charge is 0.292 e. The molecule has 3 heterocycles. The van der Waals surface area contributed by atoms with Gasteiger partial charge in [-0.1, -0.05) is 19.9 Å². The molecule has 2 aromatic rings. The lowest BCUT2D eigenvalue weighted by molar-refractivity contribution is 0.244. The number of pyridine rings is 1. The molecule has 1 fully saturated rings. The van der Waals surface area contributed by atoms with Crippen LogP contribution in [0.15, 0.2) is 30.7 Å². The standard InChI is InChI=1S/C17H24N4/c1-4-16-15(11-20(3)19-16)12-21-10-13(2)8-17(21)14-6-5-7-18-9-14/h5-7,9,11,13,17H,4,8,10,12H2,1-3H3/t13-,17-/m1/s1. The van der Waals surface area contributed by atoms with Crippen molar-refractivity contribution in [1.82, 2.24) is 19.7 Å². The van der Waals surface area contributed by atoms with E-state index >= 15 is 0 Å². The van der Waals surface area contributed by atoms with Crippen LogP contribution in [0, 0.1) is 5.92 Å². The van der Waals surface area contributed by atoms with E-state index in [0.717, 1.165) is 25.4 Å². The third-order valence-corrected chi connectivity index (χ3v) is 4.38. The number of aryl methyl sites for hydroxylation is 2. The van der Waals surface area contributed by atoms with E-state index in [1.165, 1.54) is 23.2 Å². The van der Waals surface area contributed by atoms with Crippen molar-refractivity contribution in [3.05, 3.63) is 47.5 Å². The third-order valence-electron chi connectivity index (χ3n) is 4.38. The van der Waals surface area contributed by atoms with E-state index in [2.05, 4.69) is 41.1 Å². The molecular formula is C17H24N4. The first-order valence-electron chi connectivity index (χ1n) is 7.82. The Kier molecular flexibility index (Phi) is 4.06. The Morgan fingerprint density at radius 2 is 2.24 bits per heavy atom. The minimum Gasteiger partial charge on any atom is -0.292 e. The second kappa shape index (κ2) is 5.98. The van der Waals surface area contributed by atoms with Crippen LogP contribution in [0.3, 0.4) is 0 Å². The summed E-state index contributed by atoms with van der Waals surface area (Å²) in [5.41, 5.74) is 3.92. The number of hydrogen-bond acceptors (Lipinski definition) is 3. The van der Waals surface area contributed by atoms with Gasteiger partial charge in [-0.25, -0.2) is 0 Å². The minimum atomic E-state index is 0.485. The maximum absolute atomic E-state index is 4.57. The maximum Gasteiger partial charge on any atom is 0.0666 e. The lowest BCUT2D eigenvalue weighted by Crippen LogP contribution is -2.23. The van der Waals surface area contributed by atoms with E-state index in [-0.39, 0.29) is 0 Å². The first-order valence-corrected chi connectivity index (χ1v) is 7.82. The maximum atomic E-state index is 4.57. The summed E-state index contributed by atoms with van der Waals surface area (Å²) < 4.78 is 1.94. The van der Waals surface area contributed by atoms with Gasteiger partial charge in [0.2, 0.25) is 0 Å². The monoisotopic (exact) mass is 284 g/mol. The Bertz CT molecular complexity index is 590. The van der Waals surface area contributed by atoms with Crippen LogP contribution in [-0.4, -0.2) is 26.2 Å². The molecule has 1 aliphatic rings. The van der Waals surface area contributed by atoms with E-state index in [1.54, 1.807) is 0 Å². The van der Waals surface area contributed by atoms with Crippen molar-refractivity contribution in [3.8, 4) is 0 Å². The van der Waals surface area contributed by atoms with Crippen molar-refractivity contribution in [1.29, 1.82) is 0 Å². The second-order valence-corrected chi connectivity index (χ2v) is 6.20. The molecule has 112 valence electrons. The number of hydrogen-bond donors (Lipinski definition) is 0. The van der Waals surface area contributed by atoms with E-state index in [0.29, 0.717) is 6.04 Å². The molecule has 0 amide bonds. The molecule has 0 saturated carbocycles. The van der Waals surface area contributed by atoms with Crippen LogP contribution in [0.25, 0.3) is 0 Å². The Balaban J connectivity index is 1.82. The van der Waals surface area contributed by atoms with Crippen LogP contribution in [-0.2, 0) is 20.0 Å². The van der Waals surface area contributed by atoms with Crippen LogP contribution in [0.4, 0.5) is 0 Å². The Morgan fingerprint density at radius 3 is 2.95 bits per heavy atom. The van der Waals surface area contributed by atoms with Crippen LogP contribution in [0.5, 0.6) is 0 Å². The van der Waals surface area contributed by atoms with Gasteiger partial charge in [-0.05, 0) is 30.4 Å². The molecule has 0 N–H and O–H groups in total. The molecule has 21 heavy (non-hydrogen) atoms. The number of likely N-dealkylation sites (tertiary alicyclic amines) is 1. The lowest BCUT2D eigenvalue weighted by Gasteiger charge is -2.24. The number of aromatic nitrogens is 3. The zero-order valence-electron chi connectivity index (χ0n) is 13.2. The average Bonchev–Trinajstić information content (AvgIpc) is 3.03. The van der Waals surface area contributed by atoms with Crippen molar-refractivity contribution in [3.63, 3.8) is 0 Å². The van der Waals surface area contributed by atoms with Crippen molar-refractivity contribution in [2.45, 2.75) is 39.3 Å². The quantitative estimate of drug-likeness (QED) is 0.865. The van der Waals surface area contributed by atoms with Gasteiger partial charge in [0.05, 0.1) is 5.69 Å². The molecule has 0 aliphatic carbocycles. The van der Waals surface area contributed by atoms with E-state index < -0.39 is 0 Å². The highest BCUT2D eigenvalue weighted by Gasteiger charge is 2.31. The third kappa shape index (κ3) is 3.00. The average molecular weight is 284 g/mol. The van der Waals surface area contributed by atoms with Crippen molar-refractivity contribution in [2.24, 2.45) is 13.0 Å². The molecule has 1 aliphatic heterocycles. The molecule has 0 radical (unpaired) electrons. The molecule has 0 spiro atoms. The fourth-order valence-corrected chi connectivity index (χ4v) is 3.46. The van der Waals surface area contributed by atoms with Crippen LogP contribution in [0.2, 0.25) is 0 Å². The molecule has 0 bridgehead atoms. The van der Waals surface area contributed by atoms with E-state index in [9.17, 15) is 0 Å². The first kappa shape index (κ1) is 14.3.